The number of carbonyl (C=O) groups excluding carboxylic acids is 3. The molecule has 0 unspecified atom stereocenters. The lowest BCUT2D eigenvalue weighted by Crippen LogP contribution is -2.35. The molecule has 0 atom stereocenters. The van der Waals surface area contributed by atoms with E-state index in [4.69, 9.17) is 19.0 Å². The topological polar surface area (TPSA) is 113 Å². The maximum Gasteiger partial charge on any atom is 0.352 e. The summed E-state index contributed by atoms with van der Waals surface area (Å²) in [5, 5.41) is 1.05. The molecule has 2 amide bonds. The van der Waals surface area contributed by atoms with Gasteiger partial charge in [-0.3, -0.25) is 19.0 Å². The number of rotatable bonds is 7. The Labute approximate surface area is 194 Å². The number of hydroxylamine groups is 2. The highest BCUT2D eigenvalue weighted by Gasteiger charge is 2.33. The molecule has 1 aliphatic rings. The summed E-state index contributed by atoms with van der Waals surface area (Å²) in [7, 11) is 4.49. The molecular formula is C24H22N2O8. The fourth-order valence-electron chi connectivity index (χ4n) is 3.76. The van der Waals surface area contributed by atoms with Gasteiger partial charge in [-0.1, -0.05) is 12.1 Å². The summed E-state index contributed by atoms with van der Waals surface area (Å²) in [5.74, 6) is -0.716. The largest absolute Gasteiger partial charge is 0.497 e. The van der Waals surface area contributed by atoms with Crippen LogP contribution < -0.4 is 19.8 Å². The molecule has 0 N–H and O–H groups in total. The minimum atomic E-state index is -0.936. The van der Waals surface area contributed by atoms with Gasteiger partial charge in [0.15, 0.2) is 11.5 Å². The zero-order valence-corrected chi connectivity index (χ0v) is 18.8. The highest BCUT2D eigenvalue weighted by molar-refractivity contribution is 6.01. The molecule has 0 radical (unpaired) electrons. The zero-order valence-electron chi connectivity index (χ0n) is 18.8. The molecule has 1 saturated heterocycles. The van der Waals surface area contributed by atoms with Crippen molar-refractivity contribution in [2.45, 2.75) is 19.4 Å². The molecule has 176 valence electrons. The van der Waals surface area contributed by atoms with Crippen molar-refractivity contribution in [1.29, 1.82) is 0 Å². The van der Waals surface area contributed by atoms with Gasteiger partial charge in [0.2, 0.25) is 0 Å². The Hall–Kier alpha value is -4.34. The summed E-state index contributed by atoms with van der Waals surface area (Å²) in [4.78, 5) is 54.8. The van der Waals surface area contributed by atoms with E-state index in [0.29, 0.717) is 44.3 Å². The fourth-order valence-corrected chi connectivity index (χ4v) is 3.76. The van der Waals surface area contributed by atoms with Crippen LogP contribution >= 0.6 is 0 Å². The van der Waals surface area contributed by atoms with Crippen molar-refractivity contribution < 1.29 is 33.4 Å². The van der Waals surface area contributed by atoms with E-state index in [9.17, 15) is 19.2 Å². The molecular weight excluding hydrogens is 444 g/mol. The molecule has 0 saturated carbocycles. The fraction of sp³-hybridized carbons (Fsp3) is 0.250. The van der Waals surface area contributed by atoms with Gasteiger partial charge in [0.1, 0.15) is 12.3 Å². The van der Waals surface area contributed by atoms with Crippen molar-refractivity contribution >= 4 is 28.7 Å². The van der Waals surface area contributed by atoms with Crippen LogP contribution in [0.3, 0.4) is 0 Å². The van der Waals surface area contributed by atoms with Crippen LogP contribution in [0.15, 0.2) is 47.3 Å². The second kappa shape index (κ2) is 9.26. The van der Waals surface area contributed by atoms with Gasteiger partial charge in [-0.25, -0.2) is 4.79 Å². The first-order valence-electron chi connectivity index (χ1n) is 10.4. The Bertz CT molecular complexity index is 1330. The third-order valence-electron chi connectivity index (χ3n) is 5.49. The molecule has 2 heterocycles. The summed E-state index contributed by atoms with van der Waals surface area (Å²) in [6, 6.07) is 11.9. The molecule has 10 nitrogen and oxygen atoms in total. The van der Waals surface area contributed by atoms with Crippen molar-refractivity contribution in [1.82, 2.24) is 9.63 Å². The first-order valence-corrected chi connectivity index (χ1v) is 10.4. The number of benzene rings is 2. The highest BCUT2D eigenvalue weighted by Crippen LogP contribution is 2.33. The SMILES string of the molecule is COc1ccc(-c2cc3cc(OC)c(OC)cc3n(CC(=O)ON3C(=O)CCC3=O)c2=O)cc1. The lowest BCUT2D eigenvalue weighted by atomic mass is 10.0. The number of hydrogen-bond acceptors (Lipinski definition) is 8. The van der Waals surface area contributed by atoms with E-state index in [1.54, 1.807) is 49.6 Å². The van der Waals surface area contributed by atoms with Gasteiger partial charge in [-0.15, -0.1) is 5.06 Å². The molecule has 0 aliphatic carbocycles. The number of pyridine rings is 1. The molecule has 10 heteroatoms. The lowest BCUT2D eigenvalue weighted by molar-refractivity contribution is -0.197. The smallest absolute Gasteiger partial charge is 0.352 e. The first-order chi connectivity index (χ1) is 16.4. The number of ether oxygens (including phenoxy) is 3. The van der Waals surface area contributed by atoms with E-state index in [1.165, 1.54) is 18.8 Å². The normalized spacial score (nSPS) is 13.3. The number of nitrogens with zero attached hydrogens (tertiary/aromatic N) is 2. The maximum atomic E-state index is 13.5. The predicted octanol–water partition coefficient (Wildman–Crippen LogP) is 2.30. The molecule has 4 rings (SSSR count). The van der Waals surface area contributed by atoms with Gasteiger partial charge >= 0.3 is 5.97 Å². The van der Waals surface area contributed by atoms with E-state index < -0.39 is 29.9 Å². The summed E-state index contributed by atoms with van der Waals surface area (Å²) >= 11 is 0. The average molecular weight is 466 g/mol. The van der Waals surface area contributed by atoms with Gasteiger partial charge in [0.05, 0.1) is 26.8 Å². The third kappa shape index (κ3) is 4.17. The van der Waals surface area contributed by atoms with Crippen LogP contribution in [0.1, 0.15) is 12.8 Å². The molecule has 1 aromatic heterocycles. The van der Waals surface area contributed by atoms with Gasteiger partial charge in [0, 0.05) is 29.9 Å². The van der Waals surface area contributed by atoms with Crippen LogP contribution in [0, 0.1) is 0 Å². The Morgan fingerprint density at radius 2 is 1.47 bits per heavy atom. The Balaban J connectivity index is 1.83. The van der Waals surface area contributed by atoms with E-state index in [0.717, 1.165) is 0 Å². The summed E-state index contributed by atoms with van der Waals surface area (Å²) in [5.41, 5.74) is 0.842. The van der Waals surface area contributed by atoms with Crippen LogP contribution in [0.5, 0.6) is 17.2 Å². The second-order valence-corrected chi connectivity index (χ2v) is 7.49. The number of methoxy groups -OCH3 is 3. The molecule has 1 aliphatic heterocycles. The van der Waals surface area contributed by atoms with Crippen molar-refractivity contribution in [3.05, 3.63) is 52.8 Å². The van der Waals surface area contributed by atoms with Crippen molar-refractivity contribution in [2.75, 3.05) is 21.3 Å². The molecule has 1 fully saturated rings. The van der Waals surface area contributed by atoms with Gasteiger partial charge in [-0.05, 0) is 29.8 Å². The lowest BCUT2D eigenvalue weighted by Gasteiger charge is -2.17. The minimum Gasteiger partial charge on any atom is -0.497 e. The minimum absolute atomic E-state index is 0.0288. The van der Waals surface area contributed by atoms with E-state index in [-0.39, 0.29) is 12.8 Å². The monoisotopic (exact) mass is 466 g/mol. The quantitative estimate of drug-likeness (QED) is 0.488. The molecule has 0 bridgehead atoms. The van der Waals surface area contributed by atoms with Crippen LogP contribution in [-0.2, 0) is 25.8 Å². The van der Waals surface area contributed by atoms with Crippen LogP contribution in [-0.4, -0.2) is 48.7 Å². The Morgan fingerprint density at radius 3 is 2.06 bits per heavy atom. The number of hydrogen-bond donors (Lipinski definition) is 0. The van der Waals surface area contributed by atoms with Gasteiger partial charge < -0.3 is 19.0 Å². The van der Waals surface area contributed by atoms with E-state index in [1.807, 2.05) is 0 Å². The van der Waals surface area contributed by atoms with Crippen molar-refractivity contribution in [3.63, 3.8) is 0 Å². The second-order valence-electron chi connectivity index (χ2n) is 7.49. The predicted molar refractivity (Wildman–Crippen MR) is 120 cm³/mol. The van der Waals surface area contributed by atoms with Gasteiger partial charge in [-0.2, -0.15) is 0 Å². The maximum absolute atomic E-state index is 13.5. The third-order valence-corrected chi connectivity index (χ3v) is 5.49. The first kappa shape index (κ1) is 22.8. The zero-order chi connectivity index (χ0) is 24.4. The molecule has 2 aromatic carbocycles. The van der Waals surface area contributed by atoms with Crippen LogP contribution in [0.2, 0.25) is 0 Å². The van der Waals surface area contributed by atoms with E-state index in [2.05, 4.69) is 0 Å². The summed E-state index contributed by atoms with van der Waals surface area (Å²) in [6.07, 6.45) is -0.0577. The number of amides is 2. The summed E-state index contributed by atoms with van der Waals surface area (Å²) < 4.78 is 17.1. The average Bonchev–Trinajstić information content (AvgIpc) is 3.16. The molecule has 3 aromatic rings. The van der Waals surface area contributed by atoms with E-state index >= 15 is 0 Å². The van der Waals surface area contributed by atoms with Crippen molar-refractivity contribution in [3.8, 4) is 28.4 Å². The van der Waals surface area contributed by atoms with Crippen LogP contribution in [0.25, 0.3) is 22.0 Å². The van der Waals surface area contributed by atoms with Gasteiger partial charge in [0.25, 0.3) is 17.4 Å². The number of imide groups is 1. The van der Waals surface area contributed by atoms with Crippen molar-refractivity contribution in [2.24, 2.45) is 0 Å². The van der Waals surface area contributed by atoms with Crippen LogP contribution in [0.4, 0.5) is 0 Å². The number of aromatic nitrogens is 1. The summed E-state index contributed by atoms with van der Waals surface area (Å²) in [6.45, 7) is -0.536. The number of carbonyl (C=O) groups is 3. The Morgan fingerprint density at radius 1 is 0.853 bits per heavy atom. The Kier molecular flexibility index (Phi) is 6.22. The number of fused-ring (bicyclic) bond motifs is 1. The molecule has 0 spiro atoms. The highest BCUT2D eigenvalue weighted by atomic mass is 16.7. The molecule has 34 heavy (non-hydrogen) atoms. The standard InChI is InChI=1S/C24H22N2O8/c1-31-16-6-4-14(5-7-16)17-10-15-11-19(32-2)20(33-3)12-18(15)25(24(17)30)13-23(29)34-26-21(27)8-9-22(26)28/h4-7,10-12H,8-9,13H2,1-3H3.